The summed E-state index contributed by atoms with van der Waals surface area (Å²) in [6, 6.07) is 1.40. The average Bonchev–Trinajstić information content (AvgIpc) is 2.88. The second kappa shape index (κ2) is 5.99. The lowest BCUT2D eigenvalue weighted by molar-refractivity contribution is 0.124. The molecule has 1 aliphatic carbocycles. The summed E-state index contributed by atoms with van der Waals surface area (Å²) in [6.07, 6.45) is 5.55. The van der Waals surface area contributed by atoms with Gasteiger partial charge < -0.3 is 10.1 Å². The Bertz CT molecular complexity index is 210. The van der Waals surface area contributed by atoms with Crippen molar-refractivity contribution < 1.29 is 4.74 Å². The fourth-order valence-corrected chi connectivity index (χ4v) is 3.26. The number of fused-ring (bicyclic) bond motifs is 2. The van der Waals surface area contributed by atoms with E-state index in [4.69, 9.17) is 4.74 Å². The molecule has 1 saturated carbocycles. The number of likely N-dealkylation sites (tertiary alicyclic amines) is 1. The van der Waals surface area contributed by atoms with Gasteiger partial charge in [-0.1, -0.05) is 6.92 Å². The van der Waals surface area contributed by atoms with Crippen LogP contribution in [0.2, 0.25) is 0 Å². The monoisotopic (exact) mass is 226 g/mol. The van der Waals surface area contributed by atoms with Gasteiger partial charge in [-0.2, -0.15) is 0 Å². The van der Waals surface area contributed by atoms with Gasteiger partial charge in [0.2, 0.25) is 0 Å². The summed E-state index contributed by atoms with van der Waals surface area (Å²) >= 11 is 0. The van der Waals surface area contributed by atoms with Crippen molar-refractivity contribution in [2.75, 3.05) is 33.4 Å². The Kier molecular flexibility index (Phi) is 4.62. The van der Waals surface area contributed by atoms with E-state index < -0.39 is 0 Å². The van der Waals surface area contributed by atoms with Crippen molar-refractivity contribution in [2.24, 2.45) is 5.92 Å². The third-order valence-electron chi connectivity index (χ3n) is 4.03. The number of nitrogens with zero attached hydrogens (tertiary/aromatic N) is 1. The molecule has 94 valence electrons. The third kappa shape index (κ3) is 2.96. The Balaban J connectivity index is 1.76. The molecule has 0 spiro atoms. The van der Waals surface area contributed by atoms with E-state index in [-0.39, 0.29) is 0 Å². The highest BCUT2D eigenvalue weighted by molar-refractivity contribution is 4.93. The third-order valence-corrected chi connectivity index (χ3v) is 4.03. The fourth-order valence-electron chi connectivity index (χ4n) is 3.26. The van der Waals surface area contributed by atoms with Gasteiger partial charge in [0.25, 0.3) is 0 Å². The van der Waals surface area contributed by atoms with E-state index in [1.165, 1.54) is 38.8 Å². The number of hydrogen-bond acceptors (Lipinski definition) is 3. The Morgan fingerprint density at radius 3 is 2.88 bits per heavy atom. The maximum absolute atomic E-state index is 5.30. The molecule has 1 aliphatic heterocycles. The predicted octanol–water partition coefficient (Wildman–Crippen LogP) is 1.49. The lowest BCUT2D eigenvalue weighted by atomic mass is 10.1. The van der Waals surface area contributed by atoms with Crippen LogP contribution in [0.25, 0.3) is 0 Å². The van der Waals surface area contributed by atoms with Crippen molar-refractivity contribution in [3.8, 4) is 0 Å². The molecule has 0 radical (unpaired) electrons. The number of nitrogens with one attached hydrogen (secondary N) is 1. The van der Waals surface area contributed by atoms with Gasteiger partial charge in [-0.05, 0) is 38.1 Å². The summed E-state index contributed by atoms with van der Waals surface area (Å²) in [4.78, 5) is 2.68. The van der Waals surface area contributed by atoms with Crippen LogP contribution < -0.4 is 5.32 Å². The van der Waals surface area contributed by atoms with Crippen molar-refractivity contribution in [1.29, 1.82) is 0 Å². The summed E-state index contributed by atoms with van der Waals surface area (Å²) in [6.45, 7) is 6.67. The van der Waals surface area contributed by atoms with E-state index >= 15 is 0 Å². The molecule has 2 rings (SSSR count). The van der Waals surface area contributed by atoms with Gasteiger partial charge in [0, 0.05) is 32.3 Å². The highest BCUT2D eigenvalue weighted by atomic mass is 16.5. The predicted molar refractivity (Wildman–Crippen MR) is 66.7 cm³/mol. The first-order valence-electron chi connectivity index (χ1n) is 6.79. The maximum Gasteiger partial charge on any atom is 0.0628 e. The molecule has 0 aromatic rings. The molecular formula is C13H26N2O. The quantitative estimate of drug-likeness (QED) is 0.712. The van der Waals surface area contributed by atoms with Crippen LogP contribution in [0.3, 0.4) is 0 Å². The van der Waals surface area contributed by atoms with E-state index in [0.717, 1.165) is 25.1 Å². The molecule has 1 saturated heterocycles. The zero-order chi connectivity index (χ0) is 11.4. The van der Waals surface area contributed by atoms with Crippen LogP contribution in [0.5, 0.6) is 0 Å². The fraction of sp³-hybridized carbons (Fsp3) is 1.00. The lowest BCUT2D eigenvalue weighted by Crippen LogP contribution is -2.46. The Hall–Kier alpha value is -0.120. The average molecular weight is 226 g/mol. The summed E-state index contributed by atoms with van der Waals surface area (Å²) < 4.78 is 5.30. The molecular weight excluding hydrogens is 200 g/mol. The van der Waals surface area contributed by atoms with E-state index in [1.54, 1.807) is 7.11 Å². The largest absolute Gasteiger partial charge is 0.383 e. The summed E-state index contributed by atoms with van der Waals surface area (Å²) in [7, 11) is 1.80. The van der Waals surface area contributed by atoms with Crippen molar-refractivity contribution in [1.82, 2.24) is 10.2 Å². The van der Waals surface area contributed by atoms with Crippen molar-refractivity contribution in [2.45, 2.75) is 44.7 Å². The van der Waals surface area contributed by atoms with Gasteiger partial charge in [0.05, 0.1) is 6.61 Å². The second-order valence-corrected chi connectivity index (χ2v) is 5.39. The number of ether oxygens (including phenoxy) is 1. The zero-order valence-electron chi connectivity index (χ0n) is 10.7. The maximum atomic E-state index is 5.30. The molecule has 0 amide bonds. The number of piperidine rings is 1. The van der Waals surface area contributed by atoms with E-state index in [0.29, 0.717) is 6.04 Å². The van der Waals surface area contributed by atoms with Crippen LogP contribution in [-0.2, 0) is 4.74 Å². The lowest BCUT2D eigenvalue weighted by Gasteiger charge is -2.31. The van der Waals surface area contributed by atoms with E-state index in [2.05, 4.69) is 17.1 Å². The normalized spacial score (nSPS) is 31.1. The Labute approximate surface area is 99.5 Å². The van der Waals surface area contributed by atoms with Gasteiger partial charge in [0.1, 0.15) is 0 Å². The molecule has 3 atom stereocenters. The minimum Gasteiger partial charge on any atom is -0.383 e. The van der Waals surface area contributed by atoms with Crippen LogP contribution in [0.15, 0.2) is 0 Å². The smallest absolute Gasteiger partial charge is 0.0628 e. The summed E-state index contributed by atoms with van der Waals surface area (Å²) in [5, 5.41) is 3.59. The standard InChI is InChI=1S/C13H26N2O/c1-3-6-14-12(10-16-2)9-15-8-11-4-5-13(15)7-11/h11-14H,3-10H2,1-2H3. The number of methoxy groups -OCH3 is 1. The van der Waals surface area contributed by atoms with Gasteiger partial charge in [-0.15, -0.1) is 0 Å². The Morgan fingerprint density at radius 2 is 2.31 bits per heavy atom. The van der Waals surface area contributed by atoms with Crippen LogP contribution >= 0.6 is 0 Å². The number of hydrogen-bond donors (Lipinski definition) is 1. The molecule has 2 aliphatic rings. The van der Waals surface area contributed by atoms with E-state index in [1.807, 2.05) is 0 Å². The number of rotatable bonds is 7. The first-order valence-corrected chi connectivity index (χ1v) is 6.79. The molecule has 16 heavy (non-hydrogen) atoms. The van der Waals surface area contributed by atoms with Crippen molar-refractivity contribution >= 4 is 0 Å². The van der Waals surface area contributed by atoms with Crippen LogP contribution in [0, 0.1) is 5.92 Å². The highest BCUT2D eigenvalue weighted by Gasteiger charge is 2.38. The van der Waals surface area contributed by atoms with Gasteiger partial charge in [-0.25, -0.2) is 0 Å². The van der Waals surface area contributed by atoms with Crippen molar-refractivity contribution in [3.05, 3.63) is 0 Å². The second-order valence-electron chi connectivity index (χ2n) is 5.39. The topological polar surface area (TPSA) is 24.5 Å². The zero-order valence-corrected chi connectivity index (χ0v) is 10.7. The molecule has 3 heteroatoms. The molecule has 1 N–H and O–H groups in total. The van der Waals surface area contributed by atoms with Gasteiger partial charge in [0.15, 0.2) is 0 Å². The van der Waals surface area contributed by atoms with Crippen molar-refractivity contribution in [3.63, 3.8) is 0 Å². The molecule has 0 aromatic heterocycles. The van der Waals surface area contributed by atoms with Crippen LogP contribution in [0.4, 0.5) is 0 Å². The highest BCUT2D eigenvalue weighted by Crippen LogP contribution is 2.37. The Morgan fingerprint density at radius 1 is 1.44 bits per heavy atom. The van der Waals surface area contributed by atoms with Crippen LogP contribution in [0.1, 0.15) is 32.6 Å². The minimum atomic E-state index is 0.518. The van der Waals surface area contributed by atoms with Gasteiger partial charge >= 0.3 is 0 Å². The molecule has 3 unspecified atom stereocenters. The first kappa shape index (κ1) is 12.3. The molecule has 1 heterocycles. The molecule has 2 bridgehead atoms. The SMILES string of the molecule is CCCNC(COC)CN1CC2CCC1C2. The molecule has 2 fully saturated rings. The molecule has 3 nitrogen and oxygen atoms in total. The first-order chi connectivity index (χ1) is 7.83. The van der Waals surface area contributed by atoms with Crippen LogP contribution in [-0.4, -0.2) is 50.3 Å². The molecule has 0 aromatic carbocycles. The van der Waals surface area contributed by atoms with Gasteiger partial charge in [-0.3, -0.25) is 4.90 Å². The summed E-state index contributed by atoms with van der Waals surface area (Å²) in [5.41, 5.74) is 0. The summed E-state index contributed by atoms with van der Waals surface area (Å²) in [5.74, 6) is 0.999. The minimum absolute atomic E-state index is 0.518. The van der Waals surface area contributed by atoms with E-state index in [9.17, 15) is 0 Å².